The molecule has 36 heavy (non-hydrogen) atoms. The lowest BCUT2D eigenvalue weighted by Gasteiger charge is -2.37. The van der Waals surface area contributed by atoms with Crippen LogP contribution in [0.15, 0.2) is 29.5 Å². The van der Waals surface area contributed by atoms with Crippen molar-refractivity contribution in [2.24, 2.45) is 0 Å². The molecular weight excluding hydrogens is 458 g/mol. The van der Waals surface area contributed by atoms with Crippen molar-refractivity contribution in [3.05, 3.63) is 46.2 Å². The monoisotopic (exact) mass is 499 g/mol. The third kappa shape index (κ3) is 6.57. The van der Waals surface area contributed by atoms with E-state index < -0.39 is 12.0 Å². The molecule has 1 aromatic rings. The number of hydrogen-bond donors (Lipinski definition) is 2. The number of carbonyl (C=O) groups is 3. The molecule has 9 heteroatoms. The Bertz CT molecular complexity index is 1030. The standard InChI is InChI=1S/C27H41N5O4/c1-8-36-24(33)22-21(17-31-12-9-13-32(15-14-31)26(35)29-27(4,5)6)30(7)25(34)28-23(22)20-16-18(2)10-11-19(20)3/h10-11,16,23H,8-9,12-15,17H2,1-7H3,(H,28,34)(H,29,35)/t23-/m0/s1. The molecule has 0 radical (unpaired) electrons. The van der Waals surface area contributed by atoms with Crippen LogP contribution in [0, 0.1) is 13.8 Å². The van der Waals surface area contributed by atoms with Crippen molar-refractivity contribution in [2.45, 2.75) is 59.5 Å². The van der Waals surface area contributed by atoms with E-state index in [0.29, 0.717) is 37.4 Å². The Labute approximate surface area is 214 Å². The van der Waals surface area contributed by atoms with Gasteiger partial charge in [-0.3, -0.25) is 9.80 Å². The molecule has 0 saturated carbocycles. The normalized spacial score (nSPS) is 19.6. The van der Waals surface area contributed by atoms with Crippen molar-refractivity contribution in [1.82, 2.24) is 25.3 Å². The minimum atomic E-state index is -0.594. The number of aryl methyl sites for hydroxylation is 2. The van der Waals surface area contributed by atoms with E-state index in [4.69, 9.17) is 4.74 Å². The Morgan fingerprint density at radius 2 is 1.86 bits per heavy atom. The fourth-order valence-electron chi connectivity index (χ4n) is 4.65. The molecule has 4 amide bonds. The zero-order valence-electron chi connectivity index (χ0n) is 22.7. The number of benzene rings is 1. The van der Waals surface area contributed by atoms with Gasteiger partial charge in [-0.25, -0.2) is 14.4 Å². The Kier molecular flexibility index (Phi) is 8.66. The molecule has 0 spiro atoms. The lowest BCUT2D eigenvalue weighted by molar-refractivity contribution is -0.139. The highest BCUT2D eigenvalue weighted by atomic mass is 16.5. The van der Waals surface area contributed by atoms with E-state index in [1.807, 2.05) is 57.7 Å². The largest absolute Gasteiger partial charge is 0.463 e. The smallest absolute Gasteiger partial charge is 0.338 e. The van der Waals surface area contributed by atoms with Crippen LogP contribution in [0.2, 0.25) is 0 Å². The highest BCUT2D eigenvalue weighted by Crippen LogP contribution is 2.33. The summed E-state index contributed by atoms with van der Waals surface area (Å²) in [5.74, 6) is -0.425. The minimum absolute atomic E-state index is 0.0695. The number of carbonyl (C=O) groups excluding carboxylic acids is 3. The van der Waals surface area contributed by atoms with Gasteiger partial charge in [-0.15, -0.1) is 0 Å². The van der Waals surface area contributed by atoms with E-state index in [1.165, 1.54) is 4.90 Å². The second-order valence-corrected chi connectivity index (χ2v) is 10.7. The lowest BCUT2D eigenvalue weighted by Crippen LogP contribution is -2.50. The highest BCUT2D eigenvalue weighted by molar-refractivity contribution is 5.95. The third-order valence-corrected chi connectivity index (χ3v) is 6.55. The molecule has 198 valence electrons. The Morgan fingerprint density at radius 3 is 2.53 bits per heavy atom. The first-order valence-electron chi connectivity index (χ1n) is 12.7. The number of hydrogen-bond acceptors (Lipinski definition) is 5. The first-order valence-corrected chi connectivity index (χ1v) is 12.7. The summed E-state index contributed by atoms with van der Waals surface area (Å²) in [5.41, 5.74) is 3.72. The van der Waals surface area contributed by atoms with E-state index in [1.54, 1.807) is 14.0 Å². The SMILES string of the molecule is CCOC(=O)C1=C(CN2CCCN(C(=O)NC(C)(C)C)CC2)N(C)C(=O)N[C@H]1c1cc(C)ccc1C. The number of nitrogens with one attached hydrogen (secondary N) is 2. The quantitative estimate of drug-likeness (QED) is 0.606. The van der Waals surface area contributed by atoms with E-state index >= 15 is 0 Å². The molecule has 2 aliphatic heterocycles. The molecule has 0 aromatic heterocycles. The molecule has 0 unspecified atom stereocenters. The number of rotatable bonds is 5. The van der Waals surface area contributed by atoms with Gasteiger partial charge in [-0.1, -0.05) is 23.8 Å². The second kappa shape index (κ2) is 11.3. The molecule has 2 N–H and O–H groups in total. The maximum atomic E-state index is 13.3. The third-order valence-electron chi connectivity index (χ3n) is 6.55. The summed E-state index contributed by atoms with van der Waals surface area (Å²) in [6.07, 6.45) is 0.801. The van der Waals surface area contributed by atoms with Gasteiger partial charge in [-0.2, -0.15) is 0 Å². The van der Waals surface area contributed by atoms with Crippen molar-refractivity contribution in [2.75, 3.05) is 46.4 Å². The summed E-state index contributed by atoms with van der Waals surface area (Å²) < 4.78 is 5.47. The van der Waals surface area contributed by atoms with Crippen molar-refractivity contribution >= 4 is 18.0 Å². The molecule has 2 aliphatic rings. The summed E-state index contributed by atoms with van der Waals surface area (Å²) in [6, 6.07) is 5.11. The molecule has 1 fully saturated rings. The van der Waals surface area contributed by atoms with Crippen LogP contribution in [0.3, 0.4) is 0 Å². The topological polar surface area (TPSA) is 94.2 Å². The Morgan fingerprint density at radius 1 is 1.14 bits per heavy atom. The van der Waals surface area contributed by atoms with Gasteiger partial charge in [-0.05, 0) is 59.1 Å². The number of esters is 1. The van der Waals surface area contributed by atoms with Crippen LogP contribution in [-0.4, -0.2) is 84.6 Å². The van der Waals surface area contributed by atoms with Crippen molar-refractivity contribution in [3.63, 3.8) is 0 Å². The summed E-state index contributed by atoms with van der Waals surface area (Å²) >= 11 is 0. The molecule has 1 aromatic carbocycles. The van der Waals surface area contributed by atoms with E-state index in [9.17, 15) is 14.4 Å². The summed E-state index contributed by atoms with van der Waals surface area (Å²) in [5, 5.41) is 6.04. The molecule has 1 atom stereocenters. The molecule has 3 rings (SSSR count). The second-order valence-electron chi connectivity index (χ2n) is 10.7. The predicted molar refractivity (Wildman–Crippen MR) is 140 cm³/mol. The zero-order valence-corrected chi connectivity index (χ0v) is 22.7. The van der Waals surface area contributed by atoms with Crippen molar-refractivity contribution in [3.8, 4) is 0 Å². The summed E-state index contributed by atoms with van der Waals surface area (Å²) in [4.78, 5) is 44.6. The summed E-state index contributed by atoms with van der Waals surface area (Å²) in [6.45, 7) is 14.9. The number of amides is 4. The van der Waals surface area contributed by atoms with Crippen LogP contribution >= 0.6 is 0 Å². The fraction of sp³-hybridized carbons (Fsp3) is 0.593. The molecule has 2 heterocycles. The van der Waals surface area contributed by atoms with Crippen molar-refractivity contribution in [1.29, 1.82) is 0 Å². The van der Waals surface area contributed by atoms with Crippen LogP contribution in [0.4, 0.5) is 9.59 Å². The van der Waals surface area contributed by atoms with Gasteiger partial charge in [0.2, 0.25) is 0 Å². The molecule has 0 bridgehead atoms. The molecule has 0 aliphatic carbocycles. The van der Waals surface area contributed by atoms with Gasteiger partial charge < -0.3 is 20.3 Å². The van der Waals surface area contributed by atoms with Gasteiger partial charge in [0.05, 0.1) is 18.2 Å². The number of ether oxygens (including phenoxy) is 1. The Balaban J connectivity index is 1.92. The first-order chi connectivity index (χ1) is 16.9. The minimum Gasteiger partial charge on any atom is -0.463 e. The maximum Gasteiger partial charge on any atom is 0.338 e. The van der Waals surface area contributed by atoms with Gasteiger partial charge in [0.1, 0.15) is 0 Å². The van der Waals surface area contributed by atoms with E-state index in [-0.39, 0.29) is 24.2 Å². The van der Waals surface area contributed by atoms with Gasteiger partial charge in [0.15, 0.2) is 0 Å². The molecular formula is C27H41N5O4. The summed E-state index contributed by atoms with van der Waals surface area (Å²) in [7, 11) is 1.68. The van der Waals surface area contributed by atoms with E-state index in [0.717, 1.165) is 29.7 Å². The van der Waals surface area contributed by atoms with Crippen LogP contribution < -0.4 is 10.6 Å². The maximum absolute atomic E-state index is 13.3. The Hall–Kier alpha value is -3.07. The van der Waals surface area contributed by atoms with Crippen LogP contribution in [-0.2, 0) is 9.53 Å². The predicted octanol–water partition coefficient (Wildman–Crippen LogP) is 3.33. The van der Waals surface area contributed by atoms with Crippen LogP contribution in [0.1, 0.15) is 56.8 Å². The zero-order chi connectivity index (χ0) is 26.6. The average molecular weight is 500 g/mol. The van der Waals surface area contributed by atoms with Gasteiger partial charge in [0, 0.05) is 51.0 Å². The molecule has 9 nitrogen and oxygen atoms in total. The number of nitrogens with zero attached hydrogens (tertiary/aromatic N) is 3. The van der Waals surface area contributed by atoms with Crippen molar-refractivity contribution < 1.29 is 19.1 Å². The van der Waals surface area contributed by atoms with Gasteiger partial charge in [0.25, 0.3) is 0 Å². The van der Waals surface area contributed by atoms with Crippen LogP contribution in [0.25, 0.3) is 0 Å². The van der Waals surface area contributed by atoms with Gasteiger partial charge >= 0.3 is 18.0 Å². The fourth-order valence-corrected chi connectivity index (χ4v) is 4.65. The first kappa shape index (κ1) is 27.5. The highest BCUT2D eigenvalue weighted by Gasteiger charge is 2.38. The lowest BCUT2D eigenvalue weighted by atomic mass is 9.90. The number of urea groups is 2. The molecule has 1 saturated heterocycles. The van der Waals surface area contributed by atoms with E-state index in [2.05, 4.69) is 15.5 Å². The number of likely N-dealkylation sites (N-methyl/N-ethyl adjacent to an activating group) is 1. The van der Waals surface area contributed by atoms with Crippen LogP contribution in [0.5, 0.6) is 0 Å². The average Bonchev–Trinajstić information content (AvgIpc) is 3.03.